The van der Waals surface area contributed by atoms with Gasteiger partial charge >= 0.3 is 0 Å². The van der Waals surface area contributed by atoms with Crippen LogP contribution in [0.1, 0.15) is 6.92 Å². The number of nitrogens with two attached hydrogens (primary N) is 1. The minimum absolute atomic E-state index is 0.180. The number of carbonyl (C=O) groups is 1. The van der Waals surface area contributed by atoms with E-state index >= 15 is 0 Å². The molecule has 1 amide bonds. The largest absolute Gasteiger partial charge is 0.369 e. The first-order chi connectivity index (χ1) is 4.04. The fourth-order valence-corrected chi connectivity index (χ4v) is 1.30. The van der Waals surface area contributed by atoms with Crippen LogP contribution in [0.4, 0.5) is 0 Å². The van der Waals surface area contributed by atoms with E-state index in [0.717, 1.165) is 13.1 Å². The topological polar surface area (TPSA) is 46.3 Å². The van der Waals surface area contributed by atoms with Gasteiger partial charge in [-0.3, -0.25) is 4.79 Å². The molecular formula is C6H12N2O. The van der Waals surface area contributed by atoms with Crippen LogP contribution >= 0.6 is 0 Å². The molecular weight excluding hydrogens is 116 g/mol. The normalized spacial score (nSPS) is 25.1. The first-order valence-electron chi connectivity index (χ1n) is 3.03. The summed E-state index contributed by atoms with van der Waals surface area (Å²) in [7, 11) is 1.98. The second-order valence-corrected chi connectivity index (χ2v) is 3.10. The van der Waals surface area contributed by atoms with Crippen molar-refractivity contribution < 1.29 is 4.79 Å². The van der Waals surface area contributed by atoms with Crippen molar-refractivity contribution in [2.24, 2.45) is 11.1 Å². The van der Waals surface area contributed by atoms with Crippen LogP contribution in [-0.2, 0) is 4.79 Å². The highest BCUT2D eigenvalue weighted by Gasteiger charge is 2.41. The number of primary amides is 1. The van der Waals surface area contributed by atoms with Crippen molar-refractivity contribution in [3.05, 3.63) is 0 Å². The Kier molecular flexibility index (Phi) is 1.24. The molecule has 3 heteroatoms. The Balaban J connectivity index is 2.50. The van der Waals surface area contributed by atoms with E-state index in [1.807, 2.05) is 14.0 Å². The van der Waals surface area contributed by atoms with Crippen molar-refractivity contribution in [2.45, 2.75) is 6.92 Å². The molecule has 0 radical (unpaired) electrons. The standard InChI is InChI=1S/C6H12N2O/c1-6(5(7)9)3-8(2)4-6/h3-4H2,1-2H3,(H2,7,9). The van der Waals surface area contributed by atoms with Gasteiger partial charge in [-0.15, -0.1) is 0 Å². The maximum Gasteiger partial charge on any atom is 0.225 e. The molecule has 1 aliphatic heterocycles. The second kappa shape index (κ2) is 1.70. The highest BCUT2D eigenvalue weighted by Crippen LogP contribution is 2.26. The summed E-state index contributed by atoms with van der Waals surface area (Å²) in [6.45, 7) is 3.51. The third kappa shape index (κ3) is 0.920. The first-order valence-corrected chi connectivity index (χ1v) is 3.03. The van der Waals surface area contributed by atoms with Crippen LogP contribution in [-0.4, -0.2) is 30.9 Å². The Bertz CT molecular complexity index is 138. The van der Waals surface area contributed by atoms with Crippen molar-refractivity contribution in [3.63, 3.8) is 0 Å². The Morgan fingerprint density at radius 3 is 2.22 bits per heavy atom. The number of rotatable bonds is 1. The lowest BCUT2D eigenvalue weighted by molar-refractivity contribution is -0.135. The minimum Gasteiger partial charge on any atom is -0.369 e. The van der Waals surface area contributed by atoms with Gasteiger partial charge < -0.3 is 10.6 Å². The molecule has 3 nitrogen and oxygen atoms in total. The van der Waals surface area contributed by atoms with Crippen LogP contribution in [0.5, 0.6) is 0 Å². The van der Waals surface area contributed by atoms with Crippen LogP contribution in [0.15, 0.2) is 0 Å². The van der Waals surface area contributed by atoms with E-state index in [0.29, 0.717) is 0 Å². The van der Waals surface area contributed by atoms with Gasteiger partial charge in [-0.05, 0) is 14.0 Å². The molecule has 0 unspecified atom stereocenters. The Labute approximate surface area is 54.8 Å². The number of hydrogen-bond donors (Lipinski definition) is 1. The fraction of sp³-hybridized carbons (Fsp3) is 0.833. The van der Waals surface area contributed by atoms with Crippen LogP contribution in [0.3, 0.4) is 0 Å². The van der Waals surface area contributed by atoms with Crippen molar-refractivity contribution in [3.8, 4) is 0 Å². The minimum atomic E-state index is -0.241. The average Bonchev–Trinajstić information content (AvgIpc) is 1.62. The van der Waals surface area contributed by atoms with E-state index < -0.39 is 0 Å². The van der Waals surface area contributed by atoms with Crippen molar-refractivity contribution in [1.29, 1.82) is 0 Å². The molecule has 0 spiro atoms. The summed E-state index contributed by atoms with van der Waals surface area (Å²) in [5, 5.41) is 0. The highest BCUT2D eigenvalue weighted by atomic mass is 16.1. The molecule has 1 fully saturated rings. The van der Waals surface area contributed by atoms with E-state index in [1.165, 1.54) is 0 Å². The van der Waals surface area contributed by atoms with E-state index in [4.69, 9.17) is 5.73 Å². The van der Waals surface area contributed by atoms with Gasteiger partial charge in [0.05, 0.1) is 5.41 Å². The smallest absolute Gasteiger partial charge is 0.225 e. The average molecular weight is 128 g/mol. The number of likely N-dealkylation sites (tertiary alicyclic amines) is 1. The lowest BCUT2D eigenvalue weighted by Gasteiger charge is -2.43. The molecule has 0 aromatic carbocycles. The maximum atomic E-state index is 10.6. The Morgan fingerprint density at radius 1 is 1.67 bits per heavy atom. The maximum absolute atomic E-state index is 10.6. The molecule has 1 saturated heterocycles. The Morgan fingerprint density at radius 2 is 2.11 bits per heavy atom. The van der Waals surface area contributed by atoms with Crippen LogP contribution in [0, 0.1) is 5.41 Å². The van der Waals surface area contributed by atoms with Crippen LogP contribution < -0.4 is 5.73 Å². The van der Waals surface area contributed by atoms with Gasteiger partial charge in [-0.25, -0.2) is 0 Å². The Hall–Kier alpha value is -0.570. The SMILES string of the molecule is CN1CC(C)(C(N)=O)C1. The highest BCUT2D eigenvalue weighted by molar-refractivity contribution is 5.81. The molecule has 1 aliphatic rings. The monoisotopic (exact) mass is 128 g/mol. The molecule has 1 rings (SSSR count). The zero-order valence-electron chi connectivity index (χ0n) is 5.85. The lowest BCUT2D eigenvalue weighted by atomic mass is 9.82. The van der Waals surface area contributed by atoms with Gasteiger partial charge in [0.25, 0.3) is 0 Å². The predicted molar refractivity (Wildman–Crippen MR) is 34.8 cm³/mol. The van der Waals surface area contributed by atoms with Gasteiger partial charge in [0.15, 0.2) is 0 Å². The summed E-state index contributed by atoms with van der Waals surface area (Å²) in [5.74, 6) is -0.180. The van der Waals surface area contributed by atoms with Crippen LogP contribution in [0.2, 0.25) is 0 Å². The third-order valence-corrected chi connectivity index (χ3v) is 1.83. The number of carbonyl (C=O) groups excluding carboxylic acids is 1. The molecule has 52 valence electrons. The summed E-state index contributed by atoms with van der Waals surface area (Å²) in [5.41, 5.74) is 4.89. The number of nitrogens with zero attached hydrogens (tertiary/aromatic N) is 1. The van der Waals surface area contributed by atoms with Crippen molar-refractivity contribution >= 4 is 5.91 Å². The van der Waals surface area contributed by atoms with E-state index in [9.17, 15) is 4.79 Å². The predicted octanol–water partition coefficient (Wildman–Crippen LogP) is -0.577. The molecule has 0 aromatic heterocycles. The molecule has 0 aliphatic carbocycles. The molecule has 9 heavy (non-hydrogen) atoms. The quantitative estimate of drug-likeness (QED) is 0.513. The summed E-state index contributed by atoms with van der Waals surface area (Å²) in [6.07, 6.45) is 0. The summed E-state index contributed by atoms with van der Waals surface area (Å²) in [4.78, 5) is 12.7. The van der Waals surface area contributed by atoms with Gasteiger partial charge in [-0.2, -0.15) is 0 Å². The molecule has 2 N–H and O–H groups in total. The molecule has 0 aromatic rings. The van der Waals surface area contributed by atoms with Crippen LogP contribution in [0.25, 0.3) is 0 Å². The summed E-state index contributed by atoms with van der Waals surface area (Å²) >= 11 is 0. The number of amides is 1. The zero-order valence-corrected chi connectivity index (χ0v) is 5.85. The summed E-state index contributed by atoms with van der Waals surface area (Å²) < 4.78 is 0. The number of hydrogen-bond acceptors (Lipinski definition) is 2. The third-order valence-electron chi connectivity index (χ3n) is 1.83. The van der Waals surface area contributed by atoms with E-state index in [2.05, 4.69) is 4.90 Å². The molecule has 0 saturated carbocycles. The molecule has 0 atom stereocenters. The lowest BCUT2D eigenvalue weighted by Crippen LogP contribution is -2.59. The zero-order chi connectivity index (χ0) is 7.07. The summed E-state index contributed by atoms with van der Waals surface area (Å²) in [6, 6.07) is 0. The molecule has 0 bridgehead atoms. The van der Waals surface area contributed by atoms with Crippen molar-refractivity contribution in [1.82, 2.24) is 4.90 Å². The van der Waals surface area contributed by atoms with E-state index in [-0.39, 0.29) is 11.3 Å². The molecule has 1 heterocycles. The van der Waals surface area contributed by atoms with Gasteiger partial charge in [-0.1, -0.05) is 0 Å². The van der Waals surface area contributed by atoms with Gasteiger partial charge in [0, 0.05) is 13.1 Å². The van der Waals surface area contributed by atoms with Crippen molar-refractivity contribution in [2.75, 3.05) is 20.1 Å². The second-order valence-electron chi connectivity index (χ2n) is 3.10. The first kappa shape index (κ1) is 6.55. The van der Waals surface area contributed by atoms with Gasteiger partial charge in [0.1, 0.15) is 0 Å². The van der Waals surface area contributed by atoms with Gasteiger partial charge in [0.2, 0.25) is 5.91 Å². The fourth-order valence-electron chi connectivity index (χ4n) is 1.30. The van der Waals surface area contributed by atoms with E-state index in [1.54, 1.807) is 0 Å².